The van der Waals surface area contributed by atoms with Crippen LogP contribution >= 0.6 is 0 Å². The molecule has 0 spiro atoms. The van der Waals surface area contributed by atoms with E-state index in [0.29, 0.717) is 0 Å². The van der Waals surface area contributed by atoms with E-state index in [-0.39, 0.29) is 5.41 Å². The number of rotatable bonds is 6. The van der Waals surface area contributed by atoms with Gasteiger partial charge in [0.25, 0.3) is 0 Å². The van der Waals surface area contributed by atoms with Crippen LogP contribution in [0.5, 0.6) is 0 Å². The van der Waals surface area contributed by atoms with Crippen LogP contribution in [0.3, 0.4) is 0 Å². The standard InChI is InChI=1S/C49H37N3OSi/c1-49(2)41-27-26-38(31-44(41)52(48-25-12-14-29-51-48)45-32-40-39-22-9-10-24-46(39)53-47(40)33-42(45)49)54(35-17-5-3-6-18-35,36-19-7-4-8-20-36)37-21-15-16-34(30-37)43-23-11-13-28-50-43/h3-33H,1-2H3. The third kappa shape index (κ3) is 4.89. The molecule has 9 aromatic rings. The monoisotopic (exact) mass is 711 g/mol. The summed E-state index contributed by atoms with van der Waals surface area (Å²) in [5, 5.41) is 7.45. The van der Waals surface area contributed by atoms with Gasteiger partial charge in [-0.15, -0.1) is 0 Å². The van der Waals surface area contributed by atoms with Crippen LogP contribution in [0.4, 0.5) is 17.2 Å². The summed E-state index contributed by atoms with van der Waals surface area (Å²) in [5.74, 6) is 0.878. The van der Waals surface area contributed by atoms with Gasteiger partial charge >= 0.3 is 0 Å². The lowest BCUT2D eigenvalue weighted by atomic mass is 9.73. The van der Waals surface area contributed by atoms with E-state index in [1.807, 2.05) is 30.6 Å². The molecule has 5 heteroatoms. The van der Waals surface area contributed by atoms with Gasteiger partial charge in [-0.2, -0.15) is 0 Å². The van der Waals surface area contributed by atoms with Crippen LogP contribution in [-0.4, -0.2) is 18.0 Å². The Morgan fingerprint density at radius 2 is 1.13 bits per heavy atom. The Labute approximate surface area is 316 Å². The Hall–Kier alpha value is -6.56. The largest absolute Gasteiger partial charge is 0.456 e. The van der Waals surface area contributed by atoms with Crippen molar-refractivity contribution in [2.24, 2.45) is 0 Å². The second-order valence-corrected chi connectivity index (χ2v) is 18.4. The molecular weight excluding hydrogens is 675 g/mol. The van der Waals surface area contributed by atoms with Crippen molar-refractivity contribution in [1.29, 1.82) is 0 Å². The molecule has 3 aromatic heterocycles. The molecule has 4 nitrogen and oxygen atoms in total. The van der Waals surface area contributed by atoms with E-state index in [2.05, 4.69) is 176 Å². The van der Waals surface area contributed by atoms with Crippen molar-refractivity contribution in [1.82, 2.24) is 9.97 Å². The predicted octanol–water partition coefficient (Wildman–Crippen LogP) is 9.53. The molecule has 0 aliphatic carbocycles. The molecule has 1 aliphatic rings. The number of hydrogen-bond donors (Lipinski definition) is 0. The van der Waals surface area contributed by atoms with Gasteiger partial charge in [0, 0.05) is 34.1 Å². The Bertz CT molecular complexity index is 2760. The average Bonchev–Trinajstić information content (AvgIpc) is 3.60. The highest BCUT2D eigenvalue weighted by Crippen LogP contribution is 2.53. The molecule has 0 radical (unpaired) electrons. The molecule has 6 aromatic carbocycles. The summed E-state index contributed by atoms with van der Waals surface area (Å²) >= 11 is 0. The molecule has 1 aliphatic heterocycles. The lowest BCUT2D eigenvalue weighted by Gasteiger charge is -2.43. The van der Waals surface area contributed by atoms with Gasteiger partial charge in [0.15, 0.2) is 8.07 Å². The fourth-order valence-corrected chi connectivity index (χ4v) is 13.5. The van der Waals surface area contributed by atoms with Crippen LogP contribution in [-0.2, 0) is 5.41 Å². The molecule has 0 N–H and O–H groups in total. The number of pyridine rings is 2. The van der Waals surface area contributed by atoms with E-state index in [1.54, 1.807) is 0 Å². The summed E-state index contributed by atoms with van der Waals surface area (Å²) < 4.78 is 6.46. The highest BCUT2D eigenvalue weighted by molar-refractivity contribution is 7.20. The smallest absolute Gasteiger partial charge is 0.179 e. The molecule has 0 bridgehead atoms. The maximum absolute atomic E-state index is 6.46. The van der Waals surface area contributed by atoms with Crippen molar-refractivity contribution < 1.29 is 4.42 Å². The highest BCUT2D eigenvalue weighted by Gasteiger charge is 2.44. The topological polar surface area (TPSA) is 42.2 Å². The second kappa shape index (κ2) is 12.5. The minimum Gasteiger partial charge on any atom is -0.456 e. The SMILES string of the molecule is CC1(C)c2ccc([Si](c3ccccc3)(c3ccccc3)c3cccc(-c4ccccn4)c3)cc2N(c2ccccn2)c2cc3c(cc21)oc1ccccc13. The summed E-state index contributed by atoms with van der Waals surface area (Å²) in [6.45, 7) is 4.67. The first-order valence-corrected chi connectivity index (χ1v) is 20.5. The molecule has 0 saturated heterocycles. The molecule has 0 amide bonds. The summed E-state index contributed by atoms with van der Waals surface area (Å²) in [7, 11) is -2.95. The van der Waals surface area contributed by atoms with Crippen LogP contribution in [0.15, 0.2) is 193 Å². The number of anilines is 3. The third-order valence-electron chi connectivity index (χ3n) is 11.3. The molecule has 0 unspecified atom stereocenters. The average molecular weight is 712 g/mol. The van der Waals surface area contributed by atoms with Crippen LogP contribution in [0, 0.1) is 0 Å². The molecule has 54 heavy (non-hydrogen) atoms. The maximum atomic E-state index is 6.46. The van der Waals surface area contributed by atoms with Crippen LogP contribution < -0.4 is 25.6 Å². The van der Waals surface area contributed by atoms with Crippen molar-refractivity contribution in [3.8, 4) is 11.3 Å². The minimum absolute atomic E-state index is 0.329. The van der Waals surface area contributed by atoms with Gasteiger partial charge < -0.3 is 4.42 Å². The van der Waals surface area contributed by atoms with E-state index in [4.69, 9.17) is 14.4 Å². The van der Waals surface area contributed by atoms with Gasteiger partial charge in [0.05, 0.1) is 17.1 Å². The number of benzene rings is 6. The van der Waals surface area contributed by atoms with Gasteiger partial charge in [0.1, 0.15) is 17.0 Å². The zero-order valence-corrected chi connectivity index (χ0v) is 31.1. The third-order valence-corrected chi connectivity index (χ3v) is 16.1. The number of para-hydroxylation sites is 1. The predicted molar refractivity (Wildman–Crippen MR) is 225 cm³/mol. The van der Waals surface area contributed by atoms with E-state index in [1.165, 1.54) is 31.9 Å². The van der Waals surface area contributed by atoms with Crippen molar-refractivity contribution in [3.05, 3.63) is 199 Å². The first-order valence-electron chi connectivity index (χ1n) is 18.5. The lowest BCUT2D eigenvalue weighted by molar-refractivity contribution is 0.625. The zero-order valence-electron chi connectivity index (χ0n) is 30.1. The van der Waals surface area contributed by atoms with Gasteiger partial charge in [-0.25, -0.2) is 4.98 Å². The quantitative estimate of drug-likeness (QED) is 0.127. The Balaban J connectivity index is 1.29. The summed E-state index contributed by atoms with van der Waals surface area (Å²) in [4.78, 5) is 12.1. The lowest BCUT2D eigenvalue weighted by Crippen LogP contribution is -2.74. The number of furan rings is 1. The minimum atomic E-state index is -2.95. The Morgan fingerprint density at radius 3 is 1.85 bits per heavy atom. The Morgan fingerprint density at radius 1 is 0.481 bits per heavy atom. The zero-order chi connectivity index (χ0) is 36.3. The molecule has 0 saturated carbocycles. The van der Waals surface area contributed by atoms with Crippen molar-refractivity contribution in [2.75, 3.05) is 4.90 Å². The van der Waals surface area contributed by atoms with Crippen LogP contribution in [0.1, 0.15) is 25.0 Å². The number of aromatic nitrogens is 2. The van der Waals surface area contributed by atoms with Gasteiger partial charge in [-0.1, -0.05) is 141 Å². The molecule has 10 rings (SSSR count). The first-order chi connectivity index (χ1) is 26.5. The Kier molecular flexibility index (Phi) is 7.46. The summed E-state index contributed by atoms with van der Waals surface area (Å²) in [6, 6.07) is 63.8. The van der Waals surface area contributed by atoms with Gasteiger partial charge in [-0.3, -0.25) is 9.88 Å². The van der Waals surface area contributed by atoms with Crippen molar-refractivity contribution in [2.45, 2.75) is 19.3 Å². The fraction of sp³-hybridized carbons (Fsp3) is 0.0612. The van der Waals surface area contributed by atoms with E-state index >= 15 is 0 Å². The number of nitrogens with zero attached hydrogens (tertiary/aromatic N) is 3. The first kappa shape index (κ1) is 32.1. The van der Waals surface area contributed by atoms with E-state index in [0.717, 1.165) is 50.4 Å². The number of fused-ring (bicyclic) bond motifs is 5. The van der Waals surface area contributed by atoms with Crippen LogP contribution in [0.25, 0.3) is 33.2 Å². The van der Waals surface area contributed by atoms with Crippen molar-refractivity contribution in [3.63, 3.8) is 0 Å². The fourth-order valence-electron chi connectivity index (χ4n) is 8.75. The van der Waals surface area contributed by atoms with Gasteiger partial charge in [-0.05, 0) is 80.4 Å². The van der Waals surface area contributed by atoms with Crippen molar-refractivity contribution >= 4 is 68.0 Å². The molecule has 0 fully saturated rings. The van der Waals surface area contributed by atoms with Crippen LogP contribution in [0.2, 0.25) is 0 Å². The maximum Gasteiger partial charge on any atom is 0.179 e. The normalized spacial score (nSPS) is 13.5. The second-order valence-electron chi connectivity index (χ2n) is 14.6. The number of hydrogen-bond acceptors (Lipinski definition) is 4. The highest BCUT2D eigenvalue weighted by atomic mass is 28.3. The summed E-state index contributed by atoms with van der Waals surface area (Å²) in [6.07, 6.45) is 3.76. The molecule has 4 heterocycles. The van der Waals surface area contributed by atoms with E-state index in [9.17, 15) is 0 Å². The summed E-state index contributed by atoms with van der Waals surface area (Å²) in [5.41, 5.74) is 8.24. The molecule has 258 valence electrons. The molecule has 0 atom stereocenters. The van der Waals surface area contributed by atoms with E-state index < -0.39 is 8.07 Å². The van der Waals surface area contributed by atoms with Gasteiger partial charge in [0.2, 0.25) is 0 Å². The molecular formula is C49H37N3OSi.